The van der Waals surface area contributed by atoms with Crippen molar-refractivity contribution in [3.63, 3.8) is 0 Å². The van der Waals surface area contributed by atoms with Crippen molar-refractivity contribution in [2.75, 3.05) is 5.32 Å². The minimum absolute atomic E-state index is 0.0190. The van der Waals surface area contributed by atoms with Gasteiger partial charge >= 0.3 is 11.9 Å². The third-order valence-corrected chi connectivity index (χ3v) is 2.65. The second-order valence-electron chi connectivity index (χ2n) is 4.54. The van der Waals surface area contributed by atoms with Crippen molar-refractivity contribution in [2.45, 2.75) is 39.5 Å². The summed E-state index contributed by atoms with van der Waals surface area (Å²) in [5.41, 5.74) is 0.204. The monoisotopic (exact) mass is 293 g/mol. The molecule has 0 aliphatic heterocycles. The van der Waals surface area contributed by atoms with Crippen LogP contribution in [-0.4, -0.2) is 23.0 Å². The number of benzene rings is 1. The van der Waals surface area contributed by atoms with Gasteiger partial charge in [0.15, 0.2) is 0 Å². The second-order valence-corrected chi connectivity index (χ2v) is 4.54. The van der Waals surface area contributed by atoms with E-state index < -0.39 is 11.9 Å². The molecule has 0 bridgehead atoms. The predicted molar refractivity (Wildman–Crippen MR) is 77.5 cm³/mol. The highest BCUT2D eigenvalue weighted by atomic mass is 16.5. The number of esters is 1. The lowest BCUT2D eigenvalue weighted by Crippen LogP contribution is -2.13. The first-order valence-electron chi connectivity index (χ1n) is 6.85. The molecule has 0 heterocycles. The zero-order valence-corrected chi connectivity index (χ0v) is 12.1. The Morgan fingerprint density at radius 1 is 1.14 bits per heavy atom. The number of aromatic carboxylic acids is 1. The quantitative estimate of drug-likeness (QED) is 0.595. The Balaban J connectivity index is 2.94. The summed E-state index contributed by atoms with van der Waals surface area (Å²) in [6.07, 6.45) is 1.89. The van der Waals surface area contributed by atoms with E-state index >= 15 is 0 Å². The predicted octanol–water partition coefficient (Wildman–Crippen LogP) is 2.83. The Bertz CT molecular complexity index is 539. The molecule has 6 heteroatoms. The summed E-state index contributed by atoms with van der Waals surface area (Å²) in [5.74, 6) is -1.91. The highest BCUT2D eigenvalue weighted by Crippen LogP contribution is 2.24. The molecule has 0 saturated heterocycles. The Labute approximate surface area is 123 Å². The number of nitrogens with one attached hydrogen (secondary N) is 1. The van der Waals surface area contributed by atoms with Gasteiger partial charge in [-0.05, 0) is 31.0 Å². The Morgan fingerprint density at radius 3 is 2.38 bits per heavy atom. The van der Waals surface area contributed by atoms with Gasteiger partial charge < -0.3 is 15.2 Å². The van der Waals surface area contributed by atoms with Gasteiger partial charge in [0.25, 0.3) is 0 Å². The zero-order valence-electron chi connectivity index (χ0n) is 12.1. The Kier molecular flexibility index (Phi) is 6.39. The molecule has 0 aromatic heterocycles. The first-order chi connectivity index (χ1) is 9.97. The zero-order chi connectivity index (χ0) is 15.8. The van der Waals surface area contributed by atoms with Crippen molar-refractivity contribution in [1.29, 1.82) is 0 Å². The molecule has 0 saturated carbocycles. The molecule has 114 valence electrons. The number of ether oxygens (including phenoxy) is 1. The number of carboxylic acid groups (broad SMARTS) is 1. The van der Waals surface area contributed by atoms with Gasteiger partial charge in [0, 0.05) is 18.5 Å². The van der Waals surface area contributed by atoms with Crippen LogP contribution in [0.1, 0.15) is 49.9 Å². The average molecular weight is 293 g/mol. The summed E-state index contributed by atoms with van der Waals surface area (Å²) < 4.78 is 5.02. The molecule has 0 radical (unpaired) electrons. The summed E-state index contributed by atoms with van der Waals surface area (Å²) in [6, 6.07) is 4.16. The van der Waals surface area contributed by atoms with Crippen molar-refractivity contribution in [2.24, 2.45) is 0 Å². The third kappa shape index (κ3) is 5.25. The van der Waals surface area contributed by atoms with Gasteiger partial charge in [-0.25, -0.2) is 4.79 Å². The summed E-state index contributed by atoms with van der Waals surface area (Å²) in [4.78, 5) is 34.2. The molecule has 0 unspecified atom stereocenters. The molecule has 1 rings (SSSR count). The maximum absolute atomic E-state index is 11.5. The van der Waals surface area contributed by atoms with E-state index in [1.54, 1.807) is 0 Å². The van der Waals surface area contributed by atoms with E-state index in [0.29, 0.717) is 24.9 Å². The molecule has 21 heavy (non-hydrogen) atoms. The van der Waals surface area contributed by atoms with E-state index in [2.05, 4.69) is 5.32 Å². The van der Waals surface area contributed by atoms with Crippen LogP contribution in [0.25, 0.3) is 0 Å². The lowest BCUT2D eigenvalue weighted by atomic mass is 10.1. The van der Waals surface area contributed by atoms with Crippen molar-refractivity contribution < 1.29 is 24.2 Å². The van der Waals surface area contributed by atoms with Crippen LogP contribution in [0.15, 0.2) is 18.2 Å². The van der Waals surface area contributed by atoms with Gasteiger partial charge in [-0.3, -0.25) is 9.59 Å². The van der Waals surface area contributed by atoms with Gasteiger partial charge in [-0.1, -0.05) is 13.8 Å². The van der Waals surface area contributed by atoms with E-state index in [-0.39, 0.29) is 23.6 Å². The molecule has 1 amide bonds. The highest BCUT2D eigenvalue weighted by molar-refractivity contribution is 5.96. The molecule has 1 aromatic carbocycles. The van der Waals surface area contributed by atoms with Crippen molar-refractivity contribution in [3.05, 3.63) is 23.8 Å². The van der Waals surface area contributed by atoms with Gasteiger partial charge in [-0.15, -0.1) is 0 Å². The number of anilines is 1. The molecule has 0 atom stereocenters. The van der Waals surface area contributed by atoms with Crippen LogP contribution in [0.4, 0.5) is 5.69 Å². The van der Waals surface area contributed by atoms with Crippen molar-refractivity contribution >= 4 is 23.5 Å². The number of carboxylic acids is 1. The molecule has 0 aliphatic rings. The largest absolute Gasteiger partial charge is 0.478 e. The standard InChI is InChI=1S/C15H19NO5/c1-3-5-13(17)16-10-7-8-12(11(9-10)15(19)20)21-14(18)6-4-2/h7-9H,3-6H2,1-2H3,(H,16,17)(H,19,20). The van der Waals surface area contributed by atoms with Gasteiger partial charge in [0.2, 0.25) is 5.91 Å². The van der Waals surface area contributed by atoms with E-state index in [1.165, 1.54) is 18.2 Å². The average Bonchev–Trinajstić information content (AvgIpc) is 2.40. The molecule has 0 fully saturated rings. The first kappa shape index (κ1) is 16.7. The van der Waals surface area contributed by atoms with Gasteiger partial charge in [0.1, 0.15) is 11.3 Å². The second kappa shape index (κ2) is 8.04. The first-order valence-corrected chi connectivity index (χ1v) is 6.85. The maximum Gasteiger partial charge on any atom is 0.339 e. The van der Waals surface area contributed by atoms with Crippen LogP contribution < -0.4 is 10.1 Å². The molecular weight excluding hydrogens is 274 g/mol. The van der Waals surface area contributed by atoms with Crippen LogP contribution in [-0.2, 0) is 9.59 Å². The third-order valence-electron chi connectivity index (χ3n) is 2.65. The molecule has 6 nitrogen and oxygen atoms in total. The van der Waals surface area contributed by atoms with Crippen LogP contribution in [0.3, 0.4) is 0 Å². The van der Waals surface area contributed by atoms with E-state index in [4.69, 9.17) is 9.84 Å². The lowest BCUT2D eigenvalue weighted by Gasteiger charge is -2.10. The van der Waals surface area contributed by atoms with E-state index in [9.17, 15) is 14.4 Å². The van der Waals surface area contributed by atoms with Crippen LogP contribution in [0, 0.1) is 0 Å². The van der Waals surface area contributed by atoms with Crippen LogP contribution in [0.5, 0.6) is 5.75 Å². The summed E-state index contributed by atoms with van der Waals surface area (Å²) in [6.45, 7) is 3.70. The minimum Gasteiger partial charge on any atom is -0.478 e. The van der Waals surface area contributed by atoms with Crippen LogP contribution in [0.2, 0.25) is 0 Å². The molecule has 0 spiro atoms. The normalized spacial score (nSPS) is 10.0. The van der Waals surface area contributed by atoms with Gasteiger partial charge in [0.05, 0.1) is 0 Å². The highest BCUT2D eigenvalue weighted by Gasteiger charge is 2.15. The van der Waals surface area contributed by atoms with Crippen molar-refractivity contribution in [3.8, 4) is 5.75 Å². The van der Waals surface area contributed by atoms with Crippen molar-refractivity contribution in [1.82, 2.24) is 0 Å². The van der Waals surface area contributed by atoms with Gasteiger partial charge in [-0.2, -0.15) is 0 Å². The Morgan fingerprint density at radius 2 is 1.81 bits per heavy atom. The number of hydrogen-bond donors (Lipinski definition) is 2. The SMILES string of the molecule is CCCC(=O)Nc1ccc(OC(=O)CCC)c(C(=O)O)c1. The number of carbonyl (C=O) groups is 3. The topological polar surface area (TPSA) is 92.7 Å². The number of rotatable bonds is 7. The summed E-state index contributed by atoms with van der Waals surface area (Å²) in [7, 11) is 0. The summed E-state index contributed by atoms with van der Waals surface area (Å²) >= 11 is 0. The number of amides is 1. The molecular formula is C15H19NO5. The lowest BCUT2D eigenvalue weighted by molar-refractivity contribution is -0.134. The minimum atomic E-state index is -1.22. The molecule has 2 N–H and O–H groups in total. The molecule has 1 aromatic rings. The fourth-order valence-electron chi connectivity index (χ4n) is 1.69. The molecule has 0 aliphatic carbocycles. The smallest absolute Gasteiger partial charge is 0.339 e. The Hall–Kier alpha value is -2.37. The fourth-order valence-corrected chi connectivity index (χ4v) is 1.69. The van der Waals surface area contributed by atoms with E-state index in [1.807, 2.05) is 13.8 Å². The number of carbonyl (C=O) groups excluding carboxylic acids is 2. The number of hydrogen-bond acceptors (Lipinski definition) is 4. The van der Waals surface area contributed by atoms with Crippen LogP contribution >= 0.6 is 0 Å². The fraction of sp³-hybridized carbons (Fsp3) is 0.400. The summed E-state index contributed by atoms with van der Waals surface area (Å²) in [5, 5.41) is 11.8. The maximum atomic E-state index is 11.5. The van der Waals surface area contributed by atoms with E-state index in [0.717, 1.165) is 0 Å².